The molecule has 0 unspecified atom stereocenters. The first-order valence-electron chi connectivity index (χ1n) is 1.93. The lowest BCUT2D eigenvalue weighted by atomic mass is 10.5. The summed E-state index contributed by atoms with van der Waals surface area (Å²) in [5.41, 5.74) is 5.31. The summed E-state index contributed by atoms with van der Waals surface area (Å²) in [4.78, 5) is 0. The van der Waals surface area contributed by atoms with Gasteiger partial charge in [-0.15, -0.1) is 17.0 Å². The Balaban J connectivity index is 0.000000490. The molecule has 0 aromatic heterocycles. The van der Waals surface area contributed by atoms with Gasteiger partial charge in [-0.25, -0.2) is 0 Å². The lowest BCUT2D eigenvalue weighted by Crippen LogP contribution is -2.12. The molecular weight excluding hydrogens is 188 g/mol. The predicted octanol–water partition coefficient (Wildman–Crippen LogP) is 1.13. The molecule has 0 atom stereocenters. The zero-order valence-corrected chi connectivity index (χ0v) is 6.66. The first-order chi connectivity index (χ1) is 3.39. The molecule has 0 spiro atoms. The van der Waals surface area contributed by atoms with Gasteiger partial charge < -0.3 is 10.5 Å². The maximum absolute atomic E-state index is 5.31. The van der Waals surface area contributed by atoms with E-state index in [0.717, 1.165) is 0 Å². The van der Waals surface area contributed by atoms with Crippen molar-refractivity contribution in [3.8, 4) is 0 Å². The van der Waals surface area contributed by atoms with Crippen LogP contribution in [0.1, 0.15) is 0 Å². The standard InChI is InChI=1S/C4H6N2S.BrH/c5-4-2-1-3-7-6-4;/h1-3,6H,5H2;1H. The molecule has 0 aromatic rings. The second-order valence-electron chi connectivity index (χ2n) is 1.17. The molecule has 0 saturated carbocycles. The number of allylic oxidation sites excluding steroid dienone is 2. The molecule has 4 heteroatoms. The maximum atomic E-state index is 5.31. The Morgan fingerprint density at radius 2 is 2.38 bits per heavy atom. The van der Waals surface area contributed by atoms with Crippen LogP contribution in [0.5, 0.6) is 0 Å². The number of hydrogen-bond donors (Lipinski definition) is 2. The zero-order valence-electron chi connectivity index (χ0n) is 4.13. The quantitative estimate of drug-likeness (QED) is 0.569. The average Bonchev–Trinajstić information content (AvgIpc) is 1.69. The lowest BCUT2D eigenvalue weighted by Gasteiger charge is -2.02. The molecule has 0 aromatic carbocycles. The van der Waals surface area contributed by atoms with Gasteiger partial charge in [0.05, 0.1) is 0 Å². The summed E-state index contributed by atoms with van der Waals surface area (Å²) in [7, 11) is 0. The molecule has 1 aliphatic rings. The van der Waals surface area contributed by atoms with Gasteiger partial charge in [-0.2, -0.15) is 0 Å². The van der Waals surface area contributed by atoms with Gasteiger partial charge in [0.1, 0.15) is 5.82 Å². The van der Waals surface area contributed by atoms with Crippen LogP contribution < -0.4 is 10.5 Å². The van der Waals surface area contributed by atoms with E-state index in [9.17, 15) is 0 Å². The van der Waals surface area contributed by atoms with Crippen LogP contribution in [-0.4, -0.2) is 0 Å². The summed E-state index contributed by atoms with van der Waals surface area (Å²) < 4.78 is 2.85. The van der Waals surface area contributed by atoms with Crippen molar-refractivity contribution in [2.45, 2.75) is 0 Å². The van der Waals surface area contributed by atoms with Gasteiger partial charge in [-0.05, 0) is 23.4 Å². The van der Waals surface area contributed by atoms with Crippen LogP contribution in [0.25, 0.3) is 0 Å². The molecule has 1 rings (SSSR count). The molecule has 0 fully saturated rings. The van der Waals surface area contributed by atoms with Crippen molar-refractivity contribution in [3.63, 3.8) is 0 Å². The minimum atomic E-state index is 0. The van der Waals surface area contributed by atoms with Gasteiger partial charge in [0.25, 0.3) is 0 Å². The van der Waals surface area contributed by atoms with Crippen LogP contribution in [0.3, 0.4) is 0 Å². The van der Waals surface area contributed by atoms with Gasteiger partial charge in [0.2, 0.25) is 0 Å². The largest absolute Gasteiger partial charge is 0.385 e. The Labute approximate surface area is 63.1 Å². The van der Waals surface area contributed by atoms with Crippen molar-refractivity contribution in [1.82, 2.24) is 4.72 Å². The third-order valence-electron chi connectivity index (χ3n) is 0.599. The van der Waals surface area contributed by atoms with Crippen LogP contribution in [-0.2, 0) is 0 Å². The van der Waals surface area contributed by atoms with Gasteiger partial charge in [0.15, 0.2) is 0 Å². The van der Waals surface area contributed by atoms with Gasteiger partial charge >= 0.3 is 0 Å². The van der Waals surface area contributed by atoms with E-state index in [-0.39, 0.29) is 17.0 Å². The normalized spacial score (nSPS) is 15.8. The fourth-order valence-corrected chi connectivity index (χ4v) is 0.748. The van der Waals surface area contributed by atoms with E-state index >= 15 is 0 Å². The van der Waals surface area contributed by atoms with E-state index in [2.05, 4.69) is 4.72 Å². The van der Waals surface area contributed by atoms with Crippen LogP contribution in [0, 0.1) is 0 Å². The lowest BCUT2D eigenvalue weighted by molar-refractivity contribution is 1.15. The van der Waals surface area contributed by atoms with Crippen LogP contribution in [0.4, 0.5) is 0 Å². The highest BCUT2D eigenvalue weighted by Crippen LogP contribution is 2.02. The Hall–Kier alpha value is -0.0900. The highest BCUT2D eigenvalue weighted by Gasteiger charge is 1.86. The van der Waals surface area contributed by atoms with E-state index in [4.69, 9.17) is 5.73 Å². The number of rotatable bonds is 0. The van der Waals surface area contributed by atoms with E-state index in [1.807, 2.05) is 17.6 Å². The van der Waals surface area contributed by atoms with Crippen molar-refractivity contribution in [2.75, 3.05) is 0 Å². The summed E-state index contributed by atoms with van der Waals surface area (Å²) in [6.45, 7) is 0. The number of halogens is 1. The molecule has 0 radical (unpaired) electrons. The molecule has 0 aliphatic carbocycles. The second-order valence-corrected chi connectivity index (χ2v) is 1.88. The van der Waals surface area contributed by atoms with Crippen LogP contribution in [0.2, 0.25) is 0 Å². The first-order valence-corrected chi connectivity index (χ1v) is 2.81. The molecule has 2 nitrogen and oxygen atoms in total. The predicted molar refractivity (Wildman–Crippen MR) is 42.5 cm³/mol. The zero-order chi connectivity index (χ0) is 5.11. The SMILES string of the molecule is Br.NC1=CC=CSN1. The summed E-state index contributed by atoms with van der Waals surface area (Å²) >= 11 is 1.48. The number of hydrogen-bond acceptors (Lipinski definition) is 3. The fraction of sp³-hybridized carbons (Fsp3) is 0. The van der Waals surface area contributed by atoms with Crippen molar-refractivity contribution in [1.29, 1.82) is 0 Å². The smallest absolute Gasteiger partial charge is 0.106 e. The first kappa shape index (κ1) is 7.91. The molecular formula is C4H7BrN2S. The minimum absolute atomic E-state index is 0. The average molecular weight is 195 g/mol. The molecule has 0 amide bonds. The fourth-order valence-electron chi connectivity index (χ4n) is 0.318. The molecule has 0 bridgehead atoms. The van der Waals surface area contributed by atoms with Crippen LogP contribution in [0.15, 0.2) is 23.4 Å². The summed E-state index contributed by atoms with van der Waals surface area (Å²) in [6, 6.07) is 0. The van der Waals surface area contributed by atoms with Gasteiger partial charge in [-0.1, -0.05) is 6.08 Å². The molecule has 8 heavy (non-hydrogen) atoms. The Kier molecular flexibility index (Phi) is 3.81. The van der Waals surface area contributed by atoms with E-state index in [0.29, 0.717) is 5.82 Å². The van der Waals surface area contributed by atoms with Crippen molar-refractivity contribution in [3.05, 3.63) is 23.4 Å². The minimum Gasteiger partial charge on any atom is -0.385 e. The highest BCUT2D eigenvalue weighted by molar-refractivity contribution is 8.93. The van der Waals surface area contributed by atoms with Crippen molar-refractivity contribution in [2.24, 2.45) is 5.73 Å². The molecule has 46 valence electrons. The van der Waals surface area contributed by atoms with Gasteiger partial charge in [-0.3, -0.25) is 0 Å². The van der Waals surface area contributed by atoms with Crippen LogP contribution >= 0.6 is 28.9 Å². The highest BCUT2D eigenvalue weighted by atomic mass is 79.9. The van der Waals surface area contributed by atoms with Crippen molar-refractivity contribution >= 4 is 28.9 Å². The molecule has 0 saturated heterocycles. The Bertz CT molecular complexity index is 121. The summed E-state index contributed by atoms with van der Waals surface area (Å²) in [5, 5.41) is 1.93. The molecule has 1 heterocycles. The maximum Gasteiger partial charge on any atom is 0.106 e. The third-order valence-corrected chi connectivity index (χ3v) is 1.25. The van der Waals surface area contributed by atoms with E-state index < -0.39 is 0 Å². The Morgan fingerprint density at radius 1 is 1.62 bits per heavy atom. The van der Waals surface area contributed by atoms with E-state index in [1.54, 1.807) is 0 Å². The molecule has 1 aliphatic heterocycles. The van der Waals surface area contributed by atoms with Gasteiger partial charge in [0, 0.05) is 0 Å². The summed E-state index contributed by atoms with van der Waals surface area (Å²) in [5.74, 6) is 0.715. The topological polar surface area (TPSA) is 38.0 Å². The monoisotopic (exact) mass is 194 g/mol. The molecule has 3 N–H and O–H groups in total. The number of nitrogens with two attached hydrogens (primary N) is 1. The van der Waals surface area contributed by atoms with Crippen molar-refractivity contribution < 1.29 is 0 Å². The number of nitrogens with one attached hydrogen (secondary N) is 1. The third kappa shape index (κ3) is 2.28. The second kappa shape index (κ2) is 3.86. The van der Waals surface area contributed by atoms with E-state index in [1.165, 1.54) is 11.9 Å². The Morgan fingerprint density at radius 3 is 2.62 bits per heavy atom. The summed E-state index contributed by atoms with van der Waals surface area (Å²) in [6.07, 6.45) is 3.72.